The number of likely N-dealkylation sites (N-methyl/N-ethyl adjacent to an activating group) is 1. The maximum absolute atomic E-state index is 12.4. The average Bonchev–Trinajstić information content (AvgIpc) is 2.69. The summed E-state index contributed by atoms with van der Waals surface area (Å²) < 4.78 is 11.1. The van der Waals surface area contributed by atoms with Crippen LogP contribution in [0.4, 0.5) is 0 Å². The Morgan fingerprint density at radius 1 is 1.00 bits per heavy atom. The fourth-order valence-electron chi connectivity index (χ4n) is 2.25. The first kappa shape index (κ1) is 21.3. The molecule has 0 saturated carbocycles. The smallest absolute Gasteiger partial charge is 0.259 e. The van der Waals surface area contributed by atoms with Crippen molar-refractivity contribution in [1.29, 1.82) is 0 Å². The van der Waals surface area contributed by atoms with Gasteiger partial charge < -0.3 is 19.7 Å². The van der Waals surface area contributed by atoms with Crippen LogP contribution in [0.25, 0.3) is 0 Å². The van der Waals surface area contributed by atoms with Crippen LogP contribution in [0.1, 0.15) is 29.8 Å². The van der Waals surface area contributed by atoms with Crippen LogP contribution >= 0.6 is 0 Å². The van der Waals surface area contributed by atoms with E-state index in [2.05, 4.69) is 19.2 Å². The van der Waals surface area contributed by atoms with Gasteiger partial charge in [-0.15, -0.1) is 0 Å². The maximum atomic E-state index is 12.4. The van der Waals surface area contributed by atoms with E-state index in [4.69, 9.17) is 9.47 Å². The van der Waals surface area contributed by atoms with E-state index < -0.39 is 0 Å². The molecule has 0 aromatic heterocycles. The third-order valence-corrected chi connectivity index (χ3v) is 3.92. The summed E-state index contributed by atoms with van der Waals surface area (Å²) in [7, 11) is 3.33. The van der Waals surface area contributed by atoms with Crippen LogP contribution in [0.2, 0.25) is 0 Å². The largest absolute Gasteiger partial charge is 0.493 e. The van der Waals surface area contributed by atoms with Gasteiger partial charge in [-0.05, 0) is 41.8 Å². The van der Waals surface area contributed by atoms with Gasteiger partial charge in [-0.3, -0.25) is 9.59 Å². The second-order valence-corrected chi connectivity index (χ2v) is 7.14. The lowest BCUT2D eigenvalue weighted by molar-refractivity contribution is -0.130. The summed E-state index contributed by atoms with van der Waals surface area (Å²) in [5.41, 5.74) is 1.46. The number of nitrogens with one attached hydrogen (secondary N) is 1. The molecule has 2 rings (SSSR count). The van der Waals surface area contributed by atoms with Crippen LogP contribution in [0.3, 0.4) is 0 Å². The molecule has 0 saturated heterocycles. The van der Waals surface area contributed by atoms with Gasteiger partial charge in [0.25, 0.3) is 11.8 Å². The number of ether oxygens (including phenoxy) is 2. The number of benzene rings is 2. The molecule has 0 aliphatic heterocycles. The zero-order valence-electron chi connectivity index (χ0n) is 16.9. The van der Waals surface area contributed by atoms with Crippen LogP contribution in [-0.4, -0.2) is 44.0 Å². The standard InChI is InChI=1S/C22H28N2O4/c1-16(2)14-27-19-10-8-17(9-11-19)13-23-22(26)18-6-5-7-20(12-18)28-15-21(25)24(3)4/h5-12,16H,13-15H2,1-4H3,(H,23,26). The van der Waals surface area contributed by atoms with Gasteiger partial charge in [-0.1, -0.05) is 32.0 Å². The van der Waals surface area contributed by atoms with Crippen LogP contribution < -0.4 is 14.8 Å². The van der Waals surface area contributed by atoms with E-state index in [1.165, 1.54) is 4.90 Å². The summed E-state index contributed by atoms with van der Waals surface area (Å²) in [4.78, 5) is 25.5. The minimum absolute atomic E-state index is 0.0662. The predicted molar refractivity (Wildman–Crippen MR) is 109 cm³/mol. The summed E-state index contributed by atoms with van der Waals surface area (Å²) in [6.07, 6.45) is 0. The Labute approximate surface area is 166 Å². The highest BCUT2D eigenvalue weighted by molar-refractivity contribution is 5.94. The zero-order chi connectivity index (χ0) is 20.5. The highest BCUT2D eigenvalue weighted by Gasteiger charge is 2.09. The van der Waals surface area contributed by atoms with Crippen molar-refractivity contribution in [3.63, 3.8) is 0 Å². The minimum atomic E-state index is -0.204. The SMILES string of the molecule is CC(C)COc1ccc(CNC(=O)c2cccc(OCC(=O)N(C)C)c2)cc1. The first-order chi connectivity index (χ1) is 13.3. The molecule has 6 heteroatoms. The van der Waals surface area contributed by atoms with Crippen LogP contribution in [-0.2, 0) is 11.3 Å². The first-order valence-electron chi connectivity index (χ1n) is 9.28. The number of carbonyl (C=O) groups is 2. The van der Waals surface area contributed by atoms with Gasteiger partial charge in [0, 0.05) is 26.2 Å². The van der Waals surface area contributed by atoms with Crippen molar-refractivity contribution in [3.05, 3.63) is 59.7 Å². The third-order valence-electron chi connectivity index (χ3n) is 3.92. The summed E-state index contributed by atoms with van der Waals surface area (Å²) in [6, 6.07) is 14.5. The van der Waals surface area contributed by atoms with Crippen molar-refractivity contribution in [3.8, 4) is 11.5 Å². The van der Waals surface area contributed by atoms with E-state index in [0.29, 0.717) is 30.4 Å². The molecule has 0 aliphatic rings. The molecule has 0 radical (unpaired) electrons. The van der Waals surface area contributed by atoms with Gasteiger partial charge >= 0.3 is 0 Å². The van der Waals surface area contributed by atoms with Gasteiger partial charge in [0.2, 0.25) is 0 Å². The Morgan fingerprint density at radius 3 is 2.36 bits per heavy atom. The molecule has 2 aromatic carbocycles. The van der Waals surface area contributed by atoms with Gasteiger partial charge in [0.1, 0.15) is 11.5 Å². The fourth-order valence-corrected chi connectivity index (χ4v) is 2.25. The molecular formula is C22H28N2O4. The Kier molecular flexibility index (Phi) is 7.87. The van der Waals surface area contributed by atoms with Crippen molar-refractivity contribution in [1.82, 2.24) is 10.2 Å². The van der Waals surface area contributed by atoms with Crippen molar-refractivity contribution in [2.24, 2.45) is 5.92 Å². The Bertz CT molecular complexity index is 785. The number of hydrogen-bond donors (Lipinski definition) is 1. The third kappa shape index (κ3) is 6.95. The second kappa shape index (κ2) is 10.3. The lowest BCUT2D eigenvalue weighted by Crippen LogP contribution is -2.27. The number of rotatable bonds is 9. The number of nitrogens with zero attached hydrogens (tertiary/aromatic N) is 1. The van der Waals surface area contributed by atoms with Gasteiger partial charge in [0.15, 0.2) is 6.61 Å². The fraction of sp³-hybridized carbons (Fsp3) is 0.364. The van der Waals surface area contributed by atoms with E-state index in [1.807, 2.05) is 24.3 Å². The summed E-state index contributed by atoms with van der Waals surface area (Å²) in [5.74, 6) is 1.43. The van der Waals surface area contributed by atoms with Crippen molar-refractivity contribution < 1.29 is 19.1 Å². The quantitative estimate of drug-likeness (QED) is 0.721. The first-order valence-corrected chi connectivity index (χ1v) is 9.28. The van der Waals surface area contributed by atoms with Crippen LogP contribution in [0, 0.1) is 5.92 Å². The van der Waals surface area contributed by atoms with E-state index in [-0.39, 0.29) is 18.4 Å². The highest BCUT2D eigenvalue weighted by atomic mass is 16.5. The topological polar surface area (TPSA) is 67.9 Å². The van der Waals surface area contributed by atoms with Crippen molar-refractivity contribution in [2.45, 2.75) is 20.4 Å². The molecule has 2 aromatic rings. The monoisotopic (exact) mass is 384 g/mol. The highest BCUT2D eigenvalue weighted by Crippen LogP contribution is 2.15. The molecule has 28 heavy (non-hydrogen) atoms. The molecule has 0 heterocycles. The van der Waals surface area contributed by atoms with Gasteiger partial charge in [-0.25, -0.2) is 0 Å². The van der Waals surface area contributed by atoms with Crippen molar-refractivity contribution in [2.75, 3.05) is 27.3 Å². The predicted octanol–water partition coefficient (Wildman–Crippen LogP) is 3.12. The number of hydrogen-bond acceptors (Lipinski definition) is 4. The molecular weight excluding hydrogens is 356 g/mol. The maximum Gasteiger partial charge on any atom is 0.259 e. The van der Waals surface area contributed by atoms with E-state index >= 15 is 0 Å². The normalized spacial score (nSPS) is 10.5. The molecule has 0 spiro atoms. The molecule has 6 nitrogen and oxygen atoms in total. The lowest BCUT2D eigenvalue weighted by atomic mass is 10.1. The molecule has 0 bridgehead atoms. The van der Waals surface area contributed by atoms with E-state index in [1.54, 1.807) is 38.4 Å². The molecule has 0 aliphatic carbocycles. The summed E-state index contributed by atoms with van der Waals surface area (Å²) in [5, 5.41) is 2.88. The summed E-state index contributed by atoms with van der Waals surface area (Å²) >= 11 is 0. The van der Waals surface area contributed by atoms with Gasteiger partial charge in [-0.2, -0.15) is 0 Å². The molecule has 1 N–H and O–H groups in total. The number of carbonyl (C=O) groups excluding carboxylic acids is 2. The average molecular weight is 384 g/mol. The molecule has 0 atom stereocenters. The molecule has 2 amide bonds. The lowest BCUT2D eigenvalue weighted by Gasteiger charge is -2.12. The van der Waals surface area contributed by atoms with E-state index in [0.717, 1.165) is 11.3 Å². The Morgan fingerprint density at radius 2 is 1.71 bits per heavy atom. The second-order valence-electron chi connectivity index (χ2n) is 7.14. The Hall–Kier alpha value is -3.02. The van der Waals surface area contributed by atoms with Crippen molar-refractivity contribution >= 4 is 11.8 Å². The minimum Gasteiger partial charge on any atom is -0.493 e. The molecule has 0 fully saturated rings. The summed E-state index contributed by atoms with van der Waals surface area (Å²) in [6.45, 7) is 5.22. The zero-order valence-corrected chi connectivity index (χ0v) is 16.9. The van der Waals surface area contributed by atoms with Gasteiger partial charge in [0.05, 0.1) is 6.61 Å². The number of amides is 2. The molecule has 150 valence electrons. The Balaban J connectivity index is 1.87. The van der Waals surface area contributed by atoms with Crippen LogP contribution in [0.5, 0.6) is 11.5 Å². The molecule has 0 unspecified atom stereocenters. The van der Waals surface area contributed by atoms with E-state index in [9.17, 15) is 9.59 Å². The van der Waals surface area contributed by atoms with Crippen LogP contribution in [0.15, 0.2) is 48.5 Å².